The van der Waals surface area contributed by atoms with Crippen molar-refractivity contribution in [2.45, 2.75) is 30.7 Å². The Bertz CT molecular complexity index is 157. The SMILES string of the molecule is O.O.O.O.O.O.O.OCC(O)C(O)C(O)C(O)C(O)O.[CH3-].[CH3-].[Fe].[Fe]. The van der Waals surface area contributed by atoms with Crippen LogP contribution in [-0.4, -0.2) is 111 Å². The molecule has 0 aromatic heterocycles. The maximum atomic E-state index is 8.97. The molecule has 0 aliphatic heterocycles. The molecule has 0 radical (unpaired) electrons. The second-order valence-corrected chi connectivity index (χ2v) is 2.64. The Morgan fingerprint density at radius 2 is 0.750 bits per heavy atom. The molecule has 24 heavy (non-hydrogen) atoms. The molecule has 0 saturated heterocycles. The first-order valence-corrected chi connectivity index (χ1v) is 3.61. The van der Waals surface area contributed by atoms with E-state index in [4.69, 9.17) is 35.7 Å². The van der Waals surface area contributed by atoms with E-state index in [0.29, 0.717) is 0 Å². The van der Waals surface area contributed by atoms with Crippen molar-refractivity contribution >= 4 is 0 Å². The van der Waals surface area contributed by atoms with Gasteiger partial charge in [-0.3, -0.25) is 0 Å². The van der Waals surface area contributed by atoms with Crippen LogP contribution in [-0.2, 0) is 34.1 Å². The van der Waals surface area contributed by atoms with Crippen molar-refractivity contribution < 1.29 is 108 Å². The molecule has 4 unspecified atom stereocenters. The fourth-order valence-electron chi connectivity index (χ4n) is 0.714. The van der Waals surface area contributed by atoms with Gasteiger partial charge in [-0.25, -0.2) is 0 Å². The van der Waals surface area contributed by atoms with Gasteiger partial charge in [-0.2, -0.15) is 0 Å². The van der Waals surface area contributed by atoms with Gasteiger partial charge in [-0.05, 0) is 0 Å². The largest absolute Gasteiger partial charge is 0.412 e. The van der Waals surface area contributed by atoms with Gasteiger partial charge in [0.05, 0.1) is 6.61 Å². The van der Waals surface area contributed by atoms with Gasteiger partial charge in [0.1, 0.15) is 24.4 Å². The van der Waals surface area contributed by atoms with Crippen molar-refractivity contribution in [3.8, 4) is 0 Å². The molecule has 0 aromatic rings. The second kappa shape index (κ2) is 43.7. The first-order chi connectivity index (χ1) is 5.91. The maximum absolute atomic E-state index is 8.97. The first-order valence-electron chi connectivity index (χ1n) is 3.61. The average molecular weight is 466 g/mol. The first kappa shape index (κ1) is 86.7. The van der Waals surface area contributed by atoms with Crippen molar-refractivity contribution in [2.75, 3.05) is 6.61 Å². The van der Waals surface area contributed by atoms with Gasteiger partial charge in [0.15, 0.2) is 6.29 Å². The molecule has 0 spiro atoms. The van der Waals surface area contributed by atoms with Crippen LogP contribution in [0.15, 0.2) is 0 Å². The Labute approximate surface area is 160 Å². The van der Waals surface area contributed by atoms with Crippen molar-refractivity contribution in [1.82, 2.24) is 0 Å². The van der Waals surface area contributed by atoms with Crippen LogP contribution in [0.3, 0.4) is 0 Å². The van der Waals surface area contributed by atoms with Crippen LogP contribution < -0.4 is 0 Å². The summed E-state index contributed by atoms with van der Waals surface area (Å²) in [6, 6.07) is 0. The normalized spacial score (nSPS) is 11.5. The summed E-state index contributed by atoms with van der Waals surface area (Å²) in [5, 5.41) is 60.6. The molecule has 0 bridgehead atoms. The van der Waals surface area contributed by atoms with Crippen molar-refractivity contribution in [3.63, 3.8) is 0 Å². The molecule has 0 amide bonds. The predicted molar refractivity (Wildman–Crippen MR) is 77.5 cm³/mol. The van der Waals surface area contributed by atoms with Gasteiger partial charge in [0.25, 0.3) is 0 Å². The Morgan fingerprint density at radius 3 is 0.917 bits per heavy atom. The van der Waals surface area contributed by atoms with Gasteiger partial charge in [-0.1, -0.05) is 0 Å². The summed E-state index contributed by atoms with van der Waals surface area (Å²) in [5.74, 6) is 0. The zero-order valence-electron chi connectivity index (χ0n) is 12.9. The summed E-state index contributed by atoms with van der Waals surface area (Å²) in [6.07, 6.45) is -9.67. The number of rotatable bonds is 5. The summed E-state index contributed by atoms with van der Waals surface area (Å²) >= 11 is 0. The molecular formula is C8H34Fe2O14-2. The minimum absolute atomic E-state index is 0. The number of aliphatic hydroxyl groups is 7. The minimum Gasteiger partial charge on any atom is -0.412 e. The Hall–Kier alpha value is 0.479. The average Bonchev–Trinajstić information content (AvgIpc) is 2.12. The van der Waals surface area contributed by atoms with Crippen LogP contribution in [0.2, 0.25) is 0 Å². The minimum atomic E-state index is -2.23. The Kier molecular flexibility index (Phi) is 158. The molecular weight excluding hydrogens is 432 g/mol. The zero-order valence-corrected chi connectivity index (χ0v) is 15.1. The number of hydrogen-bond donors (Lipinski definition) is 7. The van der Waals surface area contributed by atoms with E-state index in [-0.39, 0.29) is 87.3 Å². The summed E-state index contributed by atoms with van der Waals surface area (Å²) in [7, 11) is 0. The molecule has 4 atom stereocenters. The van der Waals surface area contributed by atoms with Gasteiger partial charge in [0.2, 0.25) is 0 Å². The standard InChI is InChI=1S/C6H14O7.2CH3.2Fe.7H2O/c7-1-2(8)3(9)4(10)5(11)6(12)13;;;;;;;;;;;/h2-13H,1H2;2*1H3;;;7*1H2/q;2*-1;;;;;;;;;. The van der Waals surface area contributed by atoms with Crippen LogP contribution in [0.4, 0.5) is 0 Å². The summed E-state index contributed by atoms with van der Waals surface area (Å²) in [5.41, 5.74) is 0. The van der Waals surface area contributed by atoms with Crippen molar-refractivity contribution in [1.29, 1.82) is 0 Å². The topological polar surface area (TPSA) is 362 Å². The number of hydrogen-bond acceptors (Lipinski definition) is 7. The van der Waals surface area contributed by atoms with Crippen LogP contribution >= 0.6 is 0 Å². The molecule has 21 N–H and O–H groups in total. The van der Waals surface area contributed by atoms with E-state index in [2.05, 4.69) is 0 Å². The van der Waals surface area contributed by atoms with Gasteiger partial charge >= 0.3 is 0 Å². The third kappa shape index (κ3) is 30.4. The third-order valence-electron chi connectivity index (χ3n) is 1.59. The fraction of sp³-hybridized carbons (Fsp3) is 0.750. The second-order valence-electron chi connectivity index (χ2n) is 2.64. The summed E-state index contributed by atoms with van der Waals surface area (Å²) in [6.45, 7) is -0.813. The summed E-state index contributed by atoms with van der Waals surface area (Å²) in [4.78, 5) is 0. The monoisotopic (exact) mass is 466 g/mol. The predicted octanol–water partition coefficient (Wildman–Crippen LogP) is -9.14. The quantitative estimate of drug-likeness (QED) is 0.116. The molecule has 0 fully saturated rings. The molecule has 0 aromatic carbocycles. The van der Waals surface area contributed by atoms with E-state index in [1.807, 2.05) is 0 Å². The van der Waals surface area contributed by atoms with Crippen LogP contribution in [0.5, 0.6) is 0 Å². The van der Waals surface area contributed by atoms with E-state index in [9.17, 15) is 0 Å². The van der Waals surface area contributed by atoms with E-state index >= 15 is 0 Å². The fourth-order valence-corrected chi connectivity index (χ4v) is 0.714. The third-order valence-corrected chi connectivity index (χ3v) is 1.59. The van der Waals surface area contributed by atoms with Gasteiger partial charge in [0, 0.05) is 34.1 Å². The molecule has 168 valence electrons. The van der Waals surface area contributed by atoms with Gasteiger partial charge in [-0.15, -0.1) is 0 Å². The molecule has 0 saturated carbocycles. The van der Waals surface area contributed by atoms with Gasteiger partial charge < -0.3 is 88.9 Å². The van der Waals surface area contributed by atoms with Crippen LogP contribution in [0, 0.1) is 14.9 Å². The van der Waals surface area contributed by atoms with Crippen molar-refractivity contribution in [3.05, 3.63) is 14.9 Å². The molecule has 0 heterocycles. The smallest absolute Gasteiger partial charge is 0.180 e. The zero-order chi connectivity index (χ0) is 10.6. The molecule has 0 rings (SSSR count). The van der Waals surface area contributed by atoms with E-state index in [1.54, 1.807) is 0 Å². The van der Waals surface area contributed by atoms with E-state index < -0.39 is 37.3 Å². The summed E-state index contributed by atoms with van der Waals surface area (Å²) < 4.78 is 0. The molecule has 14 nitrogen and oxygen atoms in total. The van der Waals surface area contributed by atoms with E-state index in [1.165, 1.54) is 0 Å². The number of aliphatic hydroxyl groups excluding tert-OH is 6. The molecule has 0 aliphatic carbocycles. The Morgan fingerprint density at radius 1 is 0.500 bits per heavy atom. The van der Waals surface area contributed by atoms with E-state index in [0.717, 1.165) is 0 Å². The van der Waals surface area contributed by atoms with Crippen LogP contribution in [0.1, 0.15) is 0 Å². The molecule has 16 heteroatoms. The van der Waals surface area contributed by atoms with Crippen LogP contribution in [0.25, 0.3) is 0 Å². The maximum Gasteiger partial charge on any atom is 0.180 e. The molecule has 0 aliphatic rings. The Balaban J connectivity index is -0.0000000131. The van der Waals surface area contributed by atoms with Crippen molar-refractivity contribution in [2.24, 2.45) is 0 Å².